The van der Waals surface area contributed by atoms with Crippen molar-refractivity contribution in [1.29, 1.82) is 0 Å². The summed E-state index contributed by atoms with van der Waals surface area (Å²) in [6, 6.07) is 15.0. The topological polar surface area (TPSA) is 9.23 Å². The second-order valence-electron chi connectivity index (χ2n) is 5.81. The third-order valence-electron chi connectivity index (χ3n) is 4.18. The van der Waals surface area contributed by atoms with Crippen LogP contribution >= 0.6 is 0 Å². The van der Waals surface area contributed by atoms with Crippen LogP contribution in [0.1, 0.15) is 43.0 Å². The molecular weight excluding hydrogens is 256 g/mol. The molecule has 0 saturated heterocycles. The van der Waals surface area contributed by atoms with E-state index in [-0.39, 0.29) is 5.41 Å². The van der Waals surface area contributed by atoms with Gasteiger partial charge in [-0.05, 0) is 23.6 Å². The van der Waals surface area contributed by atoms with Gasteiger partial charge in [-0.15, -0.1) is 0 Å². The van der Waals surface area contributed by atoms with Crippen LogP contribution in [-0.2, 0) is 11.8 Å². The zero-order valence-corrected chi connectivity index (χ0v) is 13.4. The molecule has 0 aliphatic rings. The number of benzene rings is 2. The predicted octanol–water partition coefficient (Wildman–Crippen LogP) is 5.23. The highest BCUT2D eigenvalue weighted by molar-refractivity contribution is 5.63. The molecule has 110 valence electrons. The Labute approximate surface area is 128 Å². The molecule has 0 unspecified atom stereocenters. The van der Waals surface area contributed by atoms with Gasteiger partial charge in [-0.1, -0.05) is 69.8 Å². The molecule has 0 fully saturated rings. The largest absolute Gasteiger partial charge is 0.496 e. The molecule has 0 spiro atoms. The highest BCUT2D eigenvalue weighted by Crippen LogP contribution is 2.40. The fraction of sp³-hybridized carbons (Fsp3) is 0.300. The van der Waals surface area contributed by atoms with Crippen molar-refractivity contribution in [3.8, 4) is 5.75 Å². The lowest BCUT2D eigenvalue weighted by atomic mass is 9.76. The fourth-order valence-corrected chi connectivity index (χ4v) is 2.77. The van der Waals surface area contributed by atoms with Crippen LogP contribution in [0, 0.1) is 0 Å². The van der Waals surface area contributed by atoms with Crippen LogP contribution in [-0.4, -0.2) is 7.11 Å². The van der Waals surface area contributed by atoms with Crippen molar-refractivity contribution in [1.82, 2.24) is 0 Å². The number of rotatable bonds is 5. The molecular formula is C20H24O. The molecule has 0 heterocycles. The van der Waals surface area contributed by atoms with E-state index in [4.69, 9.17) is 4.74 Å². The van der Waals surface area contributed by atoms with Gasteiger partial charge in [0.25, 0.3) is 0 Å². The first-order valence-corrected chi connectivity index (χ1v) is 7.44. The van der Waals surface area contributed by atoms with Crippen molar-refractivity contribution in [2.45, 2.75) is 32.6 Å². The summed E-state index contributed by atoms with van der Waals surface area (Å²) in [6.45, 7) is 10.6. The molecule has 0 bridgehead atoms. The van der Waals surface area contributed by atoms with E-state index in [1.54, 1.807) is 7.11 Å². The van der Waals surface area contributed by atoms with Crippen LogP contribution in [0.25, 0.3) is 6.08 Å². The van der Waals surface area contributed by atoms with Crippen LogP contribution in [0.5, 0.6) is 5.75 Å². The summed E-state index contributed by atoms with van der Waals surface area (Å²) in [5.41, 5.74) is 4.76. The van der Waals surface area contributed by atoms with E-state index in [1.165, 1.54) is 16.7 Å². The van der Waals surface area contributed by atoms with E-state index in [9.17, 15) is 0 Å². The fourth-order valence-electron chi connectivity index (χ4n) is 2.77. The molecule has 2 aromatic carbocycles. The molecule has 0 atom stereocenters. The van der Waals surface area contributed by atoms with Crippen LogP contribution in [0.3, 0.4) is 0 Å². The van der Waals surface area contributed by atoms with Crippen LogP contribution < -0.4 is 4.74 Å². The maximum Gasteiger partial charge on any atom is 0.130 e. The SMILES string of the molecule is C=Cc1cc(CC)cc(C(C)(C)c2ccccc2)c1OC. The van der Waals surface area contributed by atoms with Crippen LogP contribution in [0.15, 0.2) is 49.0 Å². The van der Waals surface area contributed by atoms with Gasteiger partial charge in [0.15, 0.2) is 0 Å². The summed E-state index contributed by atoms with van der Waals surface area (Å²) in [5.74, 6) is 0.927. The number of hydrogen-bond acceptors (Lipinski definition) is 1. The Balaban J connectivity index is 2.69. The molecule has 2 rings (SSSR count). The van der Waals surface area contributed by atoms with Gasteiger partial charge in [0, 0.05) is 16.5 Å². The Kier molecular flexibility index (Phi) is 4.52. The zero-order valence-electron chi connectivity index (χ0n) is 13.4. The molecule has 0 N–H and O–H groups in total. The monoisotopic (exact) mass is 280 g/mol. The first kappa shape index (κ1) is 15.4. The lowest BCUT2D eigenvalue weighted by Crippen LogP contribution is -2.20. The minimum Gasteiger partial charge on any atom is -0.496 e. The summed E-state index contributed by atoms with van der Waals surface area (Å²) in [4.78, 5) is 0. The van der Waals surface area contributed by atoms with E-state index in [0.29, 0.717) is 0 Å². The number of aryl methyl sites for hydroxylation is 1. The van der Waals surface area contributed by atoms with Crippen LogP contribution in [0.4, 0.5) is 0 Å². The predicted molar refractivity (Wildman–Crippen MR) is 91.0 cm³/mol. The number of methoxy groups -OCH3 is 1. The molecule has 0 saturated carbocycles. The third-order valence-corrected chi connectivity index (χ3v) is 4.18. The smallest absolute Gasteiger partial charge is 0.130 e. The molecule has 0 aliphatic carbocycles. The Morgan fingerprint density at radius 3 is 2.33 bits per heavy atom. The second kappa shape index (κ2) is 6.17. The van der Waals surface area contributed by atoms with Gasteiger partial charge >= 0.3 is 0 Å². The quantitative estimate of drug-likeness (QED) is 0.729. The molecule has 0 amide bonds. The minimum absolute atomic E-state index is 0.116. The van der Waals surface area contributed by atoms with E-state index < -0.39 is 0 Å². The lowest BCUT2D eigenvalue weighted by molar-refractivity contribution is 0.399. The number of ether oxygens (including phenoxy) is 1. The Bertz CT molecular complexity index is 624. The number of hydrogen-bond donors (Lipinski definition) is 0. The van der Waals surface area contributed by atoms with E-state index in [0.717, 1.165) is 17.7 Å². The minimum atomic E-state index is -0.116. The van der Waals surface area contributed by atoms with Gasteiger partial charge in [0.05, 0.1) is 7.11 Å². The molecule has 0 aliphatic heterocycles. The first-order valence-electron chi connectivity index (χ1n) is 7.44. The maximum atomic E-state index is 5.70. The van der Waals surface area contributed by atoms with Gasteiger partial charge in [-0.25, -0.2) is 0 Å². The highest BCUT2D eigenvalue weighted by atomic mass is 16.5. The maximum absolute atomic E-state index is 5.70. The van der Waals surface area contributed by atoms with E-state index in [1.807, 2.05) is 6.08 Å². The van der Waals surface area contributed by atoms with Gasteiger partial charge in [-0.2, -0.15) is 0 Å². The van der Waals surface area contributed by atoms with Crippen molar-refractivity contribution < 1.29 is 4.74 Å². The summed E-state index contributed by atoms with van der Waals surface area (Å²) >= 11 is 0. The van der Waals surface area contributed by atoms with Crippen molar-refractivity contribution >= 4 is 6.08 Å². The van der Waals surface area contributed by atoms with Gasteiger partial charge in [0.1, 0.15) is 5.75 Å². The highest BCUT2D eigenvalue weighted by Gasteiger charge is 2.28. The lowest BCUT2D eigenvalue weighted by Gasteiger charge is -2.29. The second-order valence-corrected chi connectivity index (χ2v) is 5.81. The normalized spacial score (nSPS) is 11.2. The van der Waals surface area contributed by atoms with Crippen molar-refractivity contribution in [2.75, 3.05) is 7.11 Å². The Morgan fingerprint density at radius 2 is 1.81 bits per heavy atom. The zero-order chi connectivity index (χ0) is 15.5. The Morgan fingerprint density at radius 1 is 1.14 bits per heavy atom. The van der Waals surface area contributed by atoms with Gasteiger partial charge < -0.3 is 4.74 Å². The van der Waals surface area contributed by atoms with Crippen molar-refractivity contribution in [2.24, 2.45) is 0 Å². The summed E-state index contributed by atoms with van der Waals surface area (Å²) in [7, 11) is 1.73. The summed E-state index contributed by atoms with van der Waals surface area (Å²) < 4.78 is 5.70. The van der Waals surface area contributed by atoms with Crippen molar-refractivity contribution in [3.63, 3.8) is 0 Å². The molecule has 1 heteroatoms. The molecule has 0 radical (unpaired) electrons. The summed E-state index contributed by atoms with van der Waals surface area (Å²) in [6.07, 6.45) is 2.88. The standard InChI is InChI=1S/C20H24O/c1-6-15-13-16(7-2)19(21-5)18(14-15)20(3,4)17-11-9-8-10-12-17/h7-14H,2,6H2,1,3-5H3. The molecule has 1 nitrogen and oxygen atoms in total. The molecule has 2 aromatic rings. The van der Waals surface area contributed by atoms with Gasteiger partial charge in [0.2, 0.25) is 0 Å². The Hall–Kier alpha value is -2.02. The first-order chi connectivity index (χ1) is 10.0. The summed E-state index contributed by atoms with van der Waals surface area (Å²) in [5, 5.41) is 0. The molecule has 0 aromatic heterocycles. The van der Waals surface area contributed by atoms with Crippen molar-refractivity contribution in [3.05, 3.63) is 71.3 Å². The average molecular weight is 280 g/mol. The van der Waals surface area contributed by atoms with E-state index in [2.05, 4.69) is 69.8 Å². The van der Waals surface area contributed by atoms with Crippen LogP contribution in [0.2, 0.25) is 0 Å². The third kappa shape index (κ3) is 2.87. The van der Waals surface area contributed by atoms with E-state index >= 15 is 0 Å². The molecule has 21 heavy (non-hydrogen) atoms. The average Bonchev–Trinajstić information content (AvgIpc) is 2.54. The van der Waals surface area contributed by atoms with Gasteiger partial charge in [-0.3, -0.25) is 0 Å².